The third-order valence-electron chi connectivity index (χ3n) is 3.21. The molecule has 1 aliphatic carbocycles. The van der Waals surface area contributed by atoms with Crippen molar-refractivity contribution in [2.45, 2.75) is 38.2 Å². The Morgan fingerprint density at radius 2 is 2.25 bits per heavy atom. The first kappa shape index (κ1) is 11.3. The fourth-order valence-electron chi connectivity index (χ4n) is 2.25. The molecule has 0 radical (unpaired) electrons. The van der Waals surface area contributed by atoms with Gasteiger partial charge in [-0.1, -0.05) is 18.2 Å². The summed E-state index contributed by atoms with van der Waals surface area (Å²) in [6.07, 6.45) is 7.36. The van der Waals surface area contributed by atoms with Crippen molar-refractivity contribution in [3.05, 3.63) is 47.3 Å². The van der Waals surface area contributed by atoms with E-state index in [1.807, 2.05) is 19.1 Å². The highest BCUT2D eigenvalue weighted by atomic mass is 19.1. The van der Waals surface area contributed by atoms with Gasteiger partial charge in [0.25, 0.3) is 0 Å². The smallest absolute Gasteiger partial charge is 0.123 e. The molecule has 1 unspecified atom stereocenters. The number of hydrogen-bond donors (Lipinski definition) is 1. The zero-order chi connectivity index (χ0) is 11.6. The predicted octanol–water partition coefficient (Wildman–Crippen LogP) is 3.15. The van der Waals surface area contributed by atoms with Gasteiger partial charge in [-0.2, -0.15) is 0 Å². The molecule has 1 N–H and O–H groups in total. The van der Waals surface area contributed by atoms with Gasteiger partial charge in [0.05, 0.1) is 5.60 Å². The predicted molar refractivity (Wildman–Crippen MR) is 62.8 cm³/mol. The van der Waals surface area contributed by atoms with Gasteiger partial charge >= 0.3 is 0 Å². The van der Waals surface area contributed by atoms with Crippen LogP contribution in [0.1, 0.15) is 30.4 Å². The molecule has 1 aromatic carbocycles. The zero-order valence-corrected chi connectivity index (χ0v) is 9.54. The first-order valence-electron chi connectivity index (χ1n) is 5.74. The molecule has 2 rings (SSSR count). The highest BCUT2D eigenvalue weighted by molar-refractivity contribution is 5.29. The van der Waals surface area contributed by atoms with Crippen LogP contribution in [0.3, 0.4) is 0 Å². The van der Waals surface area contributed by atoms with Crippen molar-refractivity contribution in [1.82, 2.24) is 0 Å². The van der Waals surface area contributed by atoms with E-state index in [0.29, 0.717) is 6.42 Å². The van der Waals surface area contributed by atoms with Gasteiger partial charge in [0.1, 0.15) is 5.82 Å². The van der Waals surface area contributed by atoms with Crippen molar-refractivity contribution in [2.75, 3.05) is 0 Å². The van der Waals surface area contributed by atoms with E-state index < -0.39 is 5.60 Å². The summed E-state index contributed by atoms with van der Waals surface area (Å²) in [5, 5.41) is 10.3. The molecule has 1 aliphatic rings. The summed E-state index contributed by atoms with van der Waals surface area (Å²) in [6.45, 7) is 1.88. The second-order valence-corrected chi connectivity index (χ2v) is 4.65. The summed E-state index contributed by atoms with van der Waals surface area (Å²) in [5.41, 5.74) is 1.20. The summed E-state index contributed by atoms with van der Waals surface area (Å²) >= 11 is 0. The lowest BCUT2D eigenvalue weighted by atomic mass is 9.84. The number of benzene rings is 1. The molecule has 0 saturated carbocycles. The Hall–Kier alpha value is -1.15. The molecule has 16 heavy (non-hydrogen) atoms. The molecule has 1 aromatic rings. The second kappa shape index (κ2) is 4.38. The summed E-state index contributed by atoms with van der Waals surface area (Å²) in [5.74, 6) is -0.215. The average molecular weight is 220 g/mol. The van der Waals surface area contributed by atoms with Crippen LogP contribution >= 0.6 is 0 Å². The number of allylic oxidation sites excluding steroid dienone is 1. The second-order valence-electron chi connectivity index (χ2n) is 4.65. The van der Waals surface area contributed by atoms with Crippen molar-refractivity contribution in [3.63, 3.8) is 0 Å². The number of rotatable bonds is 2. The molecule has 1 atom stereocenters. The molecular formula is C14H17FO. The normalized spacial score (nSPS) is 24.7. The minimum Gasteiger partial charge on any atom is -0.385 e. The van der Waals surface area contributed by atoms with E-state index >= 15 is 0 Å². The van der Waals surface area contributed by atoms with Gasteiger partial charge in [-0.25, -0.2) is 4.39 Å². The van der Waals surface area contributed by atoms with Crippen molar-refractivity contribution in [3.8, 4) is 0 Å². The van der Waals surface area contributed by atoms with E-state index in [0.717, 1.165) is 30.4 Å². The maximum absolute atomic E-state index is 12.9. The van der Waals surface area contributed by atoms with Gasteiger partial charge in [-0.05, 0) is 49.4 Å². The van der Waals surface area contributed by atoms with Crippen LogP contribution in [0.5, 0.6) is 0 Å². The van der Waals surface area contributed by atoms with E-state index in [2.05, 4.69) is 0 Å². The largest absolute Gasteiger partial charge is 0.385 e. The molecule has 0 bridgehead atoms. The summed E-state index contributed by atoms with van der Waals surface area (Å²) in [4.78, 5) is 0. The molecule has 86 valence electrons. The molecule has 0 aromatic heterocycles. The van der Waals surface area contributed by atoms with E-state index in [9.17, 15) is 9.50 Å². The van der Waals surface area contributed by atoms with Crippen molar-refractivity contribution >= 4 is 0 Å². The van der Waals surface area contributed by atoms with Crippen molar-refractivity contribution in [2.24, 2.45) is 0 Å². The number of aliphatic hydroxyl groups is 1. The standard InChI is InChI=1S/C14H17FO/c1-11-9-13(15)6-5-12(11)10-14(16)7-3-2-4-8-14/h3,5-7,9,16H,2,4,8,10H2,1H3. The average Bonchev–Trinajstić information content (AvgIpc) is 2.23. The fraction of sp³-hybridized carbons (Fsp3) is 0.429. The van der Waals surface area contributed by atoms with E-state index in [1.165, 1.54) is 12.1 Å². The highest BCUT2D eigenvalue weighted by Crippen LogP contribution is 2.27. The van der Waals surface area contributed by atoms with Gasteiger partial charge in [-0.3, -0.25) is 0 Å². The van der Waals surface area contributed by atoms with Crippen LogP contribution in [-0.4, -0.2) is 10.7 Å². The summed E-state index contributed by atoms with van der Waals surface area (Å²) in [7, 11) is 0. The number of aryl methyl sites for hydroxylation is 1. The zero-order valence-electron chi connectivity index (χ0n) is 9.54. The van der Waals surface area contributed by atoms with Gasteiger partial charge < -0.3 is 5.11 Å². The van der Waals surface area contributed by atoms with Crippen LogP contribution < -0.4 is 0 Å². The van der Waals surface area contributed by atoms with Crippen LogP contribution in [0, 0.1) is 12.7 Å². The fourth-order valence-corrected chi connectivity index (χ4v) is 2.25. The Balaban J connectivity index is 2.20. The molecule has 0 amide bonds. The highest BCUT2D eigenvalue weighted by Gasteiger charge is 2.26. The molecule has 1 nitrogen and oxygen atoms in total. The summed E-state index contributed by atoms with van der Waals surface area (Å²) < 4.78 is 12.9. The maximum atomic E-state index is 12.9. The first-order chi connectivity index (χ1) is 7.59. The lowest BCUT2D eigenvalue weighted by Gasteiger charge is -2.28. The minimum atomic E-state index is -0.735. The molecule has 0 fully saturated rings. The van der Waals surface area contributed by atoms with Gasteiger partial charge in [0, 0.05) is 6.42 Å². The van der Waals surface area contributed by atoms with Crippen LogP contribution in [0.25, 0.3) is 0 Å². The van der Waals surface area contributed by atoms with E-state index in [4.69, 9.17) is 0 Å². The Morgan fingerprint density at radius 3 is 2.88 bits per heavy atom. The van der Waals surface area contributed by atoms with E-state index in [-0.39, 0.29) is 5.82 Å². The lowest BCUT2D eigenvalue weighted by Crippen LogP contribution is -2.30. The monoisotopic (exact) mass is 220 g/mol. The van der Waals surface area contributed by atoms with Gasteiger partial charge in [-0.15, -0.1) is 0 Å². The number of hydrogen-bond acceptors (Lipinski definition) is 1. The molecular weight excluding hydrogens is 203 g/mol. The SMILES string of the molecule is Cc1cc(F)ccc1CC1(O)C=CCCC1. The molecule has 0 saturated heterocycles. The van der Waals surface area contributed by atoms with Crippen molar-refractivity contribution < 1.29 is 9.50 Å². The third-order valence-corrected chi connectivity index (χ3v) is 3.21. The molecule has 2 heteroatoms. The molecule has 0 spiro atoms. The van der Waals surface area contributed by atoms with Gasteiger partial charge in [0.2, 0.25) is 0 Å². The minimum absolute atomic E-state index is 0.215. The van der Waals surface area contributed by atoms with E-state index in [1.54, 1.807) is 6.07 Å². The van der Waals surface area contributed by atoms with Crippen LogP contribution in [-0.2, 0) is 6.42 Å². The Bertz CT molecular complexity index is 411. The van der Waals surface area contributed by atoms with Crippen LogP contribution in [0.15, 0.2) is 30.4 Å². The third kappa shape index (κ3) is 2.50. The quantitative estimate of drug-likeness (QED) is 0.759. The Labute approximate surface area is 95.6 Å². The first-order valence-corrected chi connectivity index (χ1v) is 5.74. The van der Waals surface area contributed by atoms with Crippen molar-refractivity contribution in [1.29, 1.82) is 0 Å². The van der Waals surface area contributed by atoms with Crippen LogP contribution in [0.4, 0.5) is 4.39 Å². The molecule has 0 heterocycles. The Morgan fingerprint density at radius 1 is 1.44 bits per heavy atom. The maximum Gasteiger partial charge on any atom is 0.123 e. The summed E-state index contributed by atoms with van der Waals surface area (Å²) in [6, 6.07) is 4.74. The lowest BCUT2D eigenvalue weighted by molar-refractivity contribution is 0.0749. The topological polar surface area (TPSA) is 20.2 Å². The number of halogens is 1. The molecule has 0 aliphatic heterocycles. The van der Waals surface area contributed by atoms with Gasteiger partial charge in [0.15, 0.2) is 0 Å². The van der Waals surface area contributed by atoms with Crippen LogP contribution in [0.2, 0.25) is 0 Å². The Kier molecular flexibility index (Phi) is 3.10.